The zero-order valence-electron chi connectivity index (χ0n) is 18.5. The molecular formula is C25H27NO5S. The molecule has 7 heteroatoms. The first kappa shape index (κ1) is 22.2. The maximum Gasteiger partial charge on any atom is 0.338 e. The van der Waals surface area contributed by atoms with Crippen LogP contribution in [0.5, 0.6) is 17.2 Å². The van der Waals surface area contributed by atoms with E-state index in [1.807, 2.05) is 29.5 Å². The molecule has 2 heterocycles. The van der Waals surface area contributed by atoms with Gasteiger partial charge in [-0.3, -0.25) is 4.90 Å². The van der Waals surface area contributed by atoms with Crippen LogP contribution in [0.4, 0.5) is 0 Å². The average molecular weight is 454 g/mol. The molecule has 0 N–H and O–H groups in total. The zero-order valence-corrected chi connectivity index (χ0v) is 19.3. The minimum Gasteiger partial charge on any atom is -0.493 e. The highest BCUT2D eigenvalue weighted by molar-refractivity contribution is 7.10. The minimum atomic E-state index is -0.432. The molecule has 0 spiro atoms. The lowest BCUT2D eigenvalue weighted by atomic mass is 10.0. The number of fused-ring (bicyclic) bond motifs is 1. The minimum absolute atomic E-state index is 0.0322. The number of hydrogen-bond donors (Lipinski definition) is 0. The Kier molecular flexibility index (Phi) is 6.97. The van der Waals surface area contributed by atoms with Crippen molar-refractivity contribution in [1.29, 1.82) is 0 Å². The number of esters is 1. The maximum absolute atomic E-state index is 13.0. The second kappa shape index (κ2) is 10.1. The van der Waals surface area contributed by atoms with Crippen LogP contribution >= 0.6 is 11.3 Å². The van der Waals surface area contributed by atoms with Crippen LogP contribution in [-0.2, 0) is 17.7 Å². The molecule has 6 nitrogen and oxygen atoms in total. The van der Waals surface area contributed by atoms with Crippen molar-refractivity contribution in [3.8, 4) is 17.2 Å². The predicted molar refractivity (Wildman–Crippen MR) is 124 cm³/mol. The topological polar surface area (TPSA) is 57.2 Å². The van der Waals surface area contributed by atoms with Crippen LogP contribution in [0.15, 0.2) is 53.9 Å². The largest absolute Gasteiger partial charge is 0.493 e. The molecule has 0 saturated carbocycles. The molecule has 1 aliphatic heterocycles. The second-order valence-corrected chi connectivity index (χ2v) is 8.53. The summed E-state index contributed by atoms with van der Waals surface area (Å²) < 4.78 is 21.9. The molecule has 0 radical (unpaired) electrons. The van der Waals surface area contributed by atoms with E-state index in [1.165, 1.54) is 31.8 Å². The number of carbonyl (C=O) groups is 1. The number of benzene rings is 2. The first-order valence-electron chi connectivity index (χ1n) is 10.5. The lowest BCUT2D eigenvalue weighted by Gasteiger charge is -2.34. The number of carbonyl (C=O) groups excluding carboxylic acids is 1. The summed E-state index contributed by atoms with van der Waals surface area (Å²) in [4.78, 5) is 16.8. The van der Waals surface area contributed by atoms with Gasteiger partial charge in [-0.15, -0.1) is 11.3 Å². The molecule has 0 bridgehead atoms. The number of ether oxygens (including phenoxy) is 4. The van der Waals surface area contributed by atoms with E-state index in [0.717, 1.165) is 25.1 Å². The van der Waals surface area contributed by atoms with Crippen molar-refractivity contribution in [2.24, 2.45) is 0 Å². The summed E-state index contributed by atoms with van der Waals surface area (Å²) in [5, 5.41) is 2.15. The summed E-state index contributed by atoms with van der Waals surface area (Å²) in [5.41, 5.74) is 2.84. The van der Waals surface area contributed by atoms with Gasteiger partial charge in [-0.1, -0.05) is 30.3 Å². The highest BCUT2D eigenvalue weighted by atomic mass is 32.1. The summed E-state index contributed by atoms with van der Waals surface area (Å²) >= 11 is 1.81. The molecule has 1 aromatic heterocycles. The van der Waals surface area contributed by atoms with E-state index in [-0.39, 0.29) is 12.6 Å². The van der Waals surface area contributed by atoms with Crippen LogP contribution in [0.1, 0.15) is 32.4 Å². The van der Waals surface area contributed by atoms with Gasteiger partial charge in [0.15, 0.2) is 11.5 Å². The fourth-order valence-electron chi connectivity index (χ4n) is 4.06. The number of methoxy groups -OCH3 is 3. The molecule has 168 valence electrons. The Bertz CT molecular complexity index is 1040. The molecule has 2 aromatic carbocycles. The van der Waals surface area contributed by atoms with E-state index in [1.54, 1.807) is 12.1 Å². The summed E-state index contributed by atoms with van der Waals surface area (Å²) in [6.07, 6.45) is 1.01. The van der Waals surface area contributed by atoms with Crippen molar-refractivity contribution in [2.75, 3.05) is 34.5 Å². The summed E-state index contributed by atoms with van der Waals surface area (Å²) in [7, 11) is 4.57. The lowest BCUT2D eigenvalue weighted by molar-refractivity contribution is 0.0325. The number of hydrogen-bond acceptors (Lipinski definition) is 7. The van der Waals surface area contributed by atoms with E-state index in [2.05, 4.69) is 28.5 Å². The third-order valence-electron chi connectivity index (χ3n) is 5.74. The van der Waals surface area contributed by atoms with Gasteiger partial charge < -0.3 is 18.9 Å². The van der Waals surface area contributed by atoms with E-state index < -0.39 is 5.97 Å². The molecule has 0 fully saturated rings. The molecule has 4 rings (SSSR count). The molecule has 32 heavy (non-hydrogen) atoms. The van der Waals surface area contributed by atoms with Crippen LogP contribution in [0.3, 0.4) is 0 Å². The van der Waals surface area contributed by atoms with Gasteiger partial charge >= 0.3 is 5.97 Å². The van der Waals surface area contributed by atoms with Crippen molar-refractivity contribution < 1.29 is 23.7 Å². The van der Waals surface area contributed by atoms with Crippen molar-refractivity contribution in [1.82, 2.24) is 4.90 Å². The SMILES string of the molecule is COc1cc(C(=O)OCC(c2ccccc2)N2CCc3sccc3C2)cc(OC)c1OC. The smallest absolute Gasteiger partial charge is 0.338 e. The Morgan fingerprint density at radius 1 is 1.03 bits per heavy atom. The predicted octanol–water partition coefficient (Wildman–Crippen LogP) is 4.73. The molecule has 0 saturated heterocycles. The van der Waals surface area contributed by atoms with Crippen molar-refractivity contribution in [3.05, 3.63) is 75.5 Å². The van der Waals surface area contributed by atoms with Crippen LogP contribution in [0.2, 0.25) is 0 Å². The Balaban J connectivity index is 1.54. The van der Waals surface area contributed by atoms with Crippen LogP contribution < -0.4 is 14.2 Å². The summed E-state index contributed by atoms with van der Waals surface area (Å²) in [6, 6.07) is 15.6. The van der Waals surface area contributed by atoms with Crippen molar-refractivity contribution in [2.45, 2.75) is 19.0 Å². The third-order valence-corrected chi connectivity index (χ3v) is 6.76. The normalized spacial score (nSPS) is 14.3. The van der Waals surface area contributed by atoms with E-state index in [4.69, 9.17) is 18.9 Å². The number of thiophene rings is 1. The third kappa shape index (κ3) is 4.59. The van der Waals surface area contributed by atoms with Crippen LogP contribution in [0, 0.1) is 0 Å². The lowest BCUT2D eigenvalue weighted by Crippen LogP contribution is -2.36. The molecular weight excluding hydrogens is 426 g/mol. The fraction of sp³-hybridized carbons (Fsp3) is 0.320. The quantitative estimate of drug-likeness (QED) is 0.460. The van der Waals surface area contributed by atoms with E-state index in [9.17, 15) is 4.79 Å². The Morgan fingerprint density at radius 3 is 2.41 bits per heavy atom. The number of rotatable bonds is 8. The molecule has 1 aliphatic rings. The molecule has 1 atom stereocenters. The van der Waals surface area contributed by atoms with Gasteiger partial charge in [0.25, 0.3) is 0 Å². The molecule has 1 unspecified atom stereocenters. The highest BCUT2D eigenvalue weighted by Gasteiger charge is 2.27. The Labute approximate surface area is 192 Å². The summed E-state index contributed by atoms with van der Waals surface area (Å²) in [5.74, 6) is 0.839. The van der Waals surface area contributed by atoms with Gasteiger partial charge in [0.05, 0.1) is 32.9 Å². The fourth-order valence-corrected chi connectivity index (χ4v) is 4.95. The van der Waals surface area contributed by atoms with Crippen molar-refractivity contribution >= 4 is 17.3 Å². The standard InChI is InChI=1S/C25H27NO5S/c1-28-21-13-19(14-22(29-2)24(21)30-3)25(27)31-16-20(17-7-5-4-6-8-17)26-11-9-23-18(15-26)10-12-32-23/h4-8,10,12-14,20H,9,11,15-16H2,1-3H3. The maximum atomic E-state index is 13.0. The molecule has 3 aromatic rings. The number of nitrogens with zero attached hydrogens (tertiary/aromatic N) is 1. The average Bonchev–Trinajstić information content (AvgIpc) is 3.31. The zero-order chi connectivity index (χ0) is 22.5. The molecule has 0 amide bonds. The van der Waals surface area contributed by atoms with Gasteiger partial charge in [-0.25, -0.2) is 4.79 Å². The van der Waals surface area contributed by atoms with Crippen LogP contribution in [-0.4, -0.2) is 45.4 Å². The highest BCUT2D eigenvalue weighted by Crippen LogP contribution is 2.38. The van der Waals surface area contributed by atoms with E-state index in [0.29, 0.717) is 22.8 Å². The van der Waals surface area contributed by atoms with Gasteiger partial charge in [0.1, 0.15) is 6.61 Å². The Hall–Kier alpha value is -3.03. The van der Waals surface area contributed by atoms with Gasteiger partial charge in [-0.05, 0) is 41.1 Å². The van der Waals surface area contributed by atoms with Crippen LogP contribution in [0.25, 0.3) is 0 Å². The van der Waals surface area contributed by atoms with Crippen molar-refractivity contribution in [3.63, 3.8) is 0 Å². The first-order chi connectivity index (χ1) is 15.6. The van der Waals surface area contributed by atoms with Gasteiger partial charge in [0, 0.05) is 18.0 Å². The second-order valence-electron chi connectivity index (χ2n) is 7.53. The van der Waals surface area contributed by atoms with Gasteiger partial charge in [-0.2, -0.15) is 0 Å². The monoisotopic (exact) mass is 453 g/mol. The Morgan fingerprint density at radius 2 is 1.75 bits per heavy atom. The molecule has 0 aliphatic carbocycles. The van der Waals surface area contributed by atoms with E-state index >= 15 is 0 Å². The first-order valence-corrected chi connectivity index (χ1v) is 11.3. The summed E-state index contributed by atoms with van der Waals surface area (Å²) in [6.45, 7) is 2.02. The van der Waals surface area contributed by atoms with Gasteiger partial charge in [0.2, 0.25) is 5.75 Å².